The van der Waals surface area contributed by atoms with Crippen LogP contribution in [-0.2, 0) is 40.8 Å². The molecule has 0 rings (SSSR count). The third-order valence-corrected chi connectivity index (χ3v) is 11.7. The fraction of sp³-hybridized carbons (Fsp3) is 1.00. The highest BCUT2D eigenvalue weighted by Gasteiger charge is 2.30. The molecule has 0 atom stereocenters. The summed E-state index contributed by atoms with van der Waals surface area (Å²) in [6.07, 6.45) is 0. The normalized spacial score (nSPS) is 13.5. The summed E-state index contributed by atoms with van der Waals surface area (Å²) in [5, 5.41) is 0. The van der Waals surface area contributed by atoms with Gasteiger partial charge in [-0.2, -0.15) is 33.7 Å². The van der Waals surface area contributed by atoms with Crippen LogP contribution < -0.4 is 24.8 Å². The van der Waals surface area contributed by atoms with Crippen molar-refractivity contribution in [3.63, 3.8) is 0 Å². The average molecular weight is 628 g/mol. The third kappa shape index (κ3) is 13.4. The number of quaternary nitrogens is 4. The molecule has 0 aromatic carbocycles. The van der Waals surface area contributed by atoms with E-state index in [-0.39, 0.29) is 35.8 Å². The van der Waals surface area contributed by atoms with Crippen LogP contribution in [0.2, 0.25) is 0 Å². The molecule has 0 bridgehead atoms. The Bertz CT molecular complexity index is 865. The first kappa shape index (κ1) is 47.3. The van der Waals surface area contributed by atoms with E-state index in [1.54, 1.807) is 0 Å². The van der Waals surface area contributed by atoms with Gasteiger partial charge < -0.3 is 44.0 Å². The molecule has 34 heavy (non-hydrogen) atoms. The van der Waals surface area contributed by atoms with Gasteiger partial charge in [0.25, 0.3) is 0 Å². The minimum absolute atomic E-state index is 0. The molecule has 0 aromatic rings. The fourth-order valence-corrected chi connectivity index (χ4v) is 5.74. The van der Waals surface area contributed by atoms with E-state index in [9.17, 15) is 33.7 Å². The van der Waals surface area contributed by atoms with Gasteiger partial charge in [0, 0.05) is 0 Å². The van der Waals surface area contributed by atoms with E-state index in [4.69, 9.17) is 0 Å². The van der Waals surface area contributed by atoms with E-state index in [1.807, 2.05) is 0 Å². The lowest BCUT2D eigenvalue weighted by Crippen LogP contribution is -3.00. The molecule has 0 heterocycles. The maximum absolute atomic E-state index is 11.5. The van der Waals surface area contributed by atoms with Gasteiger partial charge in [0.1, 0.15) is 0 Å². The summed E-state index contributed by atoms with van der Waals surface area (Å²) in [5.41, 5.74) is 0. The largest absolute Gasteiger partial charge is 1.00 e. The Morgan fingerprint density at radius 2 is 0.441 bits per heavy atom. The van der Waals surface area contributed by atoms with Crippen LogP contribution in [0.15, 0.2) is 0 Å². The summed E-state index contributed by atoms with van der Waals surface area (Å²) in [6.45, 7) is 0. The molecule has 0 saturated carbocycles. The zero-order chi connectivity index (χ0) is 25.4. The van der Waals surface area contributed by atoms with Gasteiger partial charge in [-0.1, -0.05) is 0 Å². The van der Waals surface area contributed by atoms with Crippen molar-refractivity contribution < 1.29 is 85.0 Å². The van der Waals surface area contributed by atoms with E-state index < -0.39 is 56.4 Å². The minimum atomic E-state index is -4.08. The van der Waals surface area contributed by atoms with Crippen molar-refractivity contribution >= 4 is 40.8 Å². The van der Waals surface area contributed by atoms with E-state index in [1.165, 1.54) is 84.6 Å². The van der Waals surface area contributed by atoms with Crippen LogP contribution >= 0.6 is 0 Å². The minimum Gasteiger partial charge on any atom is -1.00 e. The highest BCUT2D eigenvalue weighted by molar-refractivity contribution is 8.07. The smallest absolute Gasteiger partial charge is 0.238 e. The van der Waals surface area contributed by atoms with Crippen LogP contribution in [0.1, 0.15) is 0 Å². The van der Waals surface area contributed by atoms with E-state index >= 15 is 0 Å². The SMILES string of the molecule is C[N+](C)(C)S(=O)(=O)[N-]S(=O)(=O)[N+](C)(C)C.C[N+](C)(C)S(=O)(=O)[N-]S(=O)(=O)[N+](C)(C)C.O.O.[Cl-].[Cl-]. The highest BCUT2D eigenvalue weighted by Crippen LogP contribution is 2.22. The third-order valence-electron chi connectivity index (χ3n) is 3.15. The van der Waals surface area contributed by atoms with Crippen LogP contribution in [0.25, 0.3) is 8.25 Å². The molecule has 0 aromatic heterocycles. The molecule has 16 nitrogen and oxygen atoms in total. The zero-order valence-electron chi connectivity index (χ0n) is 21.3. The number of halogens is 2. The predicted octanol–water partition coefficient (Wildman–Crippen LogP) is -9.12. The van der Waals surface area contributed by atoms with Gasteiger partial charge in [-0.25, -0.2) is 15.6 Å². The standard InChI is InChI=1S/2C6H18N3O4S2.2ClH.2H2O/c2*1-8(2,3)14(10,11)7-15(12,13)9(4,5)6;;;;/h2*1-6H3;2*1H;2*1H2/q2*+1;;;;/p-2. The summed E-state index contributed by atoms with van der Waals surface area (Å²) in [7, 11) is -0.271. The lowest BCUT2D eigenvalue weighted by molar-refractivity contribution is -0.741. The number of hydrogen-bond acceptors (Lipinski definition) is 8. The summed E-state index contributed by atoms with van der Waals surface area (Å²) < 4.78 is 95.9. The first-order valence-corrected chi connectivity index (χ1v) is 13.7. The lowest BCUT2D eigenvalue weighted by atomic mass is 11.0. The van der Waals surface area contributed by atoms with Gasteiger partial charge in [0.15, 0.2) is 0 Å². The van der Waals surface area contributed by atoms with E-state index in [2.05, 4.69) is 8.25 Å². The van der Waals surface area contributed by atoms with Crippen LogP contribution in [0.5, 0.6) is 0 Å². The summed E-state index contributed by atoms with van der Waals surface area (Å²) in [4.78, 5) is 0. The van der Waals surface area contributed by atoms with Gasteiger partial charge >= 0.3 is 0 Å². The number of rotatable bonds is 8. The molecule has 0 saturated heterocycles. The monoisotopic (exact) mass is 626 g/mol. The molecule has 0 amide bonds. The molecule has 0 aliphatic heterocycles. The summed E-state index contributed by atoms with van der Waals surface area (Å²) in [6, 6.07) is 0. The Kier molecular flexibility index (Phi) is 18.9. The van der Waals surface area contributed by atoms with Gasteiger partial charge in [-0.05, 0) is 0 Å². The lowest BCUT2D eigenvalue weighted by Gasteiger charge is -2.35. The highest BCUT2D eigenvalue weighted by atomic mass is 35.5. The maximum Gasteiger partial charge on any atom is 0.238 e. The second-order valence-corrected chi connectivity index (χ2v) is 18.7. The molecule has 0 aliphatic carbocycles. The van der Waals surface area contributed by atoms with Crippen LogP contribution in [0.3, 0.4) is 0 Å². The molecule has 0 unspecified atom stereocenters. The second-order valence-electron chi connectivity index (χ2n) is 9.50. The van der Waals surface area contributed by atoms with E-state index in [0.717, 1.165) is 0 Å². The quantitative estimate of drug-likeness (QED) is 0.234. The Morgan fingerprint density at radius 3 is 0.500 bits per heavy atom. The van der Waals surface area contributed by atoms with Crippen molar-refractivity contribution in [2.75, 3.05) is 84.6 Å². The zero-order valence-corrected chi connectivity index (χ0v) is 26.1. The van der Waals surface area contributed by atoms with Gasteiger partial charge in [-0.3, -0.25) is 0 Å². The van der Waals surface area contributed by atoms with Crippen LogP contribution in [0, 0.1) is 0 Å². The van der Waals surface area contributed by atoms with Crippen molar-refractivity contribution in [1.82, 2.24) is 0 Å². The topological polar surface area (TPSA) is 228 Å². The first-order chi connectivity index (χ1) is 12.4. The molecule has 0 aliphatic rings. The maximum atomic E-state index is 11.5. The number of nitrogens with zero attached hydrogens (tertiary/aromatic N) is 6. The fourth-order valence-electron chi connectivity index (χ4n) is 0.638. The Hall–Kier alpha value is 0.0600. The van der Waals surface area contributed by atoms with E-state index in [0.29, 0.717) is 0 Å². The summed E-state index contributed by atoms with van der Waals surface area (Å²) >= 11 is 0. The second kappa shape index (κ2) is 13.6. The molecule has 216 valence electrons. The van der Waals surface area contributed by atoms with Crippen molar-refractivity contribution in [3.05, 3.63) is 8.25 Å². The van der Waals surface area contributed by atoms with Crippen LogP contribution in [-0.4, -0.2) is 145 Å². The van der Waals surface area contributed by atoms with Gasteiger partial charge in [-0.15, -0.1) is 0 Å². The molecule has 4 N–H and O–H groups in total. The molecule has 0 spiro atoms. The first-order valence-electron chi connectivity index (χ1n) is 8.16. The van der Waals surface area contributed by atoms with Crippen molar-refractivity contribution in [1.29, 1.82) is 0 Å². The van der Waals surface area contributed by atoms with Gasteiger partial charge in [0.2, 0.25) is 40.8 Å². The molecule has 22 heteroatoms. The Balaban J connectivity index is -0.000000103. The van der Waals surface area contributed by atoms with Crippen LogP contribution in [0.4, 0.5) is 0 Å². The summed E-state index contributed by atoms with van der Waals surface area (Å²) in [5.74, 6) is 0. The molecule has 0 fully saturated rings. The molecule has 0 radical (unpaired) electrons. The predicted molar refractivity (Wildman–Crippen MR) is 122 cm³/mol. The van der Waals surface area contributed by atoms with Crippen molar-refractivity contribution in [3.8, 4) is 0 Å². The number of hydrogen-bond donors (Lipinski definition) is 0. The Morgan fingerprint density at radius 1 is 0.353 bits per heavy atom. The average Bonchev–Trinajstić information content (AvgIpc) is 2.30. The van der Waals surface area contributed by atoms with Gasteiger partial charge in [0.05, 0.1) is 84.6 Å². The molecular weight excluding hydrogens is 587 g/mol. The molecular formula is C12H40Cl2N6O10S4. The Labute approximate surface area is 218 Å². The van der Waals surface area contributed by atoms with Crippen molar-refractivity contribution in [2.24, 2.45) is 0 Å². The van der Waals surface area contributed by atoms with Crippen molar-refractivity contribution in [2.45, 2.75) is 0 Å².